The third kappa shape index (κ3) is 3.00. The van der Waals surface area contributed by atoms with E-state index < -0.39 is 11.7 Å². The van der Waals surface area contributed by atoms with Crippen LogP contribution < -0.4 is 5.69 Å². The quantitative estimate of drug-likeness (QED) is 0.769. The number of halogens is 1. The van der Waals surface area contributed by atoms with Gasteiger partial charge in [-0.3, -0.25) is 4.79 Å². The van der Waals surface area contributed by atoms with Gasteiger partial charge in [-0.25, -0.2) is 4.79 Å². The SMILES string of the molecule is CCOC(=O)Cn1nnn(-c2cccc(Cl)c2)c1=O. The van der Waals surface area contributed by atoms with E-state index in [2.05, 4.69) is 10.4 Å². The van der Waals surface area contributed by atoms with Gasteiger partial charge in [-0.2, -0.15) is 9.36 Å². The highest BCUT2D eigenvalue weighted by molar-refractivity contribution is 6.30. The number of tetrazole rings is 1. The number of rotatable bonds is 4. The first-order valence-corrected chi connectivity index (χ1v) is 5.94. The molecule has 0 saturated heterocycles. The van der Waals surface area contributed by atoms with Gasteiger partial charge in [0.2, 0.25) is 0 Å². The van der Waals surface area contributed by atoms with Crippen LogP contribution in [0.4, 0.5) is 0 Å². The second-order valence-electron chi connectivity index (χ2n) is 3.62. The summed E-state index contributed by atoms with van der Waals surface area (Å²) in [5.41, 5.74) is -0.0528. The van der Waals surface area contributed by atoms with Crippen LogP contribution in [0.1, 0.15) is 6.92 Å². The highest BCUT2D eigenvalue weighted by atomic mass is 35.5. The van der Waals surface area contributed by atoms with E-state index in [0.717, 1.165) is 9.36 Å². The molecular formula is C11H11ClN4O3. The van der Waals surface area contributed by atoms with E-state index in [1.807, 2.05) is 0 Å². The molecule has 19 heavy (non-hydrogen) atoms. The first-order chi connectivity index (χ1) is 9.11. The van der Waals surface area contributed by atoms with Gasteiger partial charge in [0.05, 0.1) is 12.3 Å². The van der Waals surface area contributed by atoms with Crippen molar-refractivity contribution < 1.29 is 9.53 Å². The number of ether oxygens (including phenoxy) is 1. The highest BCUT2D eigenvalue weighted by Crippen LogP contribution is 2.11. The summed E-state index contributed by atoms with van der Waals surface area (Å²) < 4.78 is 6.73. The molecule has 8 heteroatoms. The van der Waals surface area contributed by atoms with Gasteiger partial charge in [-0.15, -0.1) is 0 Å². The molecule has 100 valence electrons. The third-order valence-electron chi connectivity index (χ3n) is 2.28. The molecule has 0 saturated carbocycles. The monoisotopic (exact) mass is 282 g/mol. The molecule has 2 rings (SSSR count). The molecule has 0 aliphatic heterocycles. The second-order valence-corrected chi connectivity index (χ2v) is 4.05. The van der Waals surface area contributed by atoms with Gasteiger partial charge < -0.3 is 4.74 Å². The van der Waals surface area contributed by atoms with Crippen LogP contribution in [0, 0.1) is 0 Å². The molecule has 0 atom stereocenters. The van der Waals surface area contributed by atoms with Crippen molar-refractivity contribution in [3.63, 3.8) is 0 Å². The molecule has 0 fully saturated rings. The lowest BCUT2D eigenvalue weighted by molar-refractivity contribution is -0.144. The summed E-state index contributed by atoms with van der Waals surface area (Å²) in [5, 5.41) is 7.78. The summed E-state index contributed by atoms with van der Waals surface area (Å²) >= 11 is 5.83. The van der Waals surface area contributed by atoms with Crippen LogP contribution in [0.25, 0.3) is 5.69 Å². The molecule has 0 aliphatic rings. The fraction of sp³-hybridized carbons (Fsp3) is 0.273. The molecule has 0 spiro atoms. The Hall–Kier alpha value is -2.15. The normalized spacial score (nSPS) is 10.4. The lowest BCUT2D eigenvalue weighted by atomic mass is 10.3. The highest BCUT2D eigenvalue weighted by Gasteiger charge is 2.12. The van der Waals surface area contributed by atoms with E-state index in [0.29, 0.717) is 10.7 Å². The number of aromatic nitrogens is 4. The van der Waals surface area contributed by atoms with Crippen LogP contribution in [0.5, 0.6) is 0 Å². The zero-order valence-corrected chi connectivity index (χ0v) is 10.9. The average Bonchev–Trinajstić information content (AvgIpc) is 2.71. The van der Waals surface area contributed by atoms with Gasteiger partial charge in [0.15, 0.2) is 0 Å². The smallest absolute Gasteiger partial charge is 0.369 e. The molecule has 7 nitrogen and oxygen atoms in total. The summed E-state index contributed by atoms with van der Waals surface area (Å²) in [6, 6.07) is 6.61. The first kappa shape index (κ1) is 13.3. The van der Waals surface area contributed by atoms with Gasteiger partial charge in [0, 0.05) is 5.02 Å². The largest absolute Gasteiger partial charge is 0.465 e. The predicted molar refractivity (Wildman–Crippen MR) is 67.3 cm³/mol. The molecule has 1 aromatic heterocycles. The number of carbonyl (C=O) groups excluding carboxylic acids is 1. The van der Waals surface area contributed by atoms with Crippen LogP contribution >= 0.6 is 11.6 Å². The van der Waals surface area contributed by atoms with Crippen molar-refractivity contribution in [1.29, 1.82) is 0 Å². The van der Waals surface area contributed by atoms with Crippen molar-refractivity contribution in [2.75, 3.05) is 6.61 Å². The molecule has 2 aromatic rings. The molecule has 1 heterocycles. The Balaban J connectivity index is 2.28. The molecule has 0 aliphatic carbocycles. The lowest BCUT2D eigenvalue weighted by Crippen LogP contribution is -2.28. The van der Waals surface area contributed by atoms with Gasteiger partial charge in [-0.1, -0.05) is 17.7 Å². The molecule has 1 aromatic carbocycles. The Kier molecular flexibility index (Phi) is 3.96. The number of nitrogens with zero attached hydrogens (tertiary/aromatic N) is 4. The fourth-order valence-corrected chi connectivity index (χ4v) is 1.66. The number of esters is 1. The summed E-state index contributed by atoms with van der Waals surface area (Å²) in [4.78, 5) is 23.3. The van der Waals surface area contributed by atoms with Crippen LogP contribution in [0.2, 0.25) is 5.02 Å². The van der Waals surface area contributed by atoms with Crippen molar-refractivity contribution in [3.05, 3.63) is 39.8 Å². The second kappa shape index (κ2) is 5.66. The van der Waals surface area contributed by atoms with Gasteiger partial charge in [-0.05, 0) is 35.5 Å². The van der Waals surface area contributed by atoms with E-state index >= 15 is 0 Å². The first-order valence-electron chi connectivity index (χ1n) is 5.56. The van der Waals surface area contributed by atoms with Crippen LogP contribution in [0.15, 0.2) is 29.1 Å². The van der Waals surface area contributed by atoms with E-state index in [9.17, 15) is 9.59 Å². The minimum absolute atomic E-state index is 0.246. The topological polar surface area (TPSA) is 79.0 Å². The maximum atomic E-state index is 12.0. The zero-order valence-electron chi connectivity index (χ0n) is 10.1. The minimum Gasteiger partial charge on any atom is -0.465 e. The standard InChI is InChI=1S/C11H11ClN4O3/c1-2-19-10(17)7-15-11(18)16(14-13-15)9-5-3-4-8(12)6-9/h3-6H,2,7H2,1H3. The maximum absolute atomic E-state index is 12.0. The molecular weight excluding hydrogens is 272 g/mol. The predicted octanol–water partition coefficient (Wildman–Crippen LogP) is 0.645. The maximum Gasteiger partial charge on any atom is 0.369 e. The zero-order chi connectivity index (χ0) is 13.8. The van der Waals surface area contributed by atoms with E-state index in [-0.39, 0.29) is 13.2 Å². The van der Waals surface area contributed by atoms with Crippen LogP contribution in [-0.2, 0) is 16.1 Å². The Bertz CT molecular complexity index is 649. The molecule has 0 bridgehead atoms. The minimum atomic E-state index is -0.539. The van der Waals surface area contributed by atoms with Crippen LogP contribution in [-0.4, -0.2) is 32.4 Å². The van der Waals surface area contributed by atoms with Crippen molar-refractivity contribution in [2.45, 2.75) is 13.5 Å². The van der Waals surface area contributed by atoms with Crippen molar-refractivity contribution in [3.8, 4) is 5.69 Å². The Labute approximate surface area is 113 Å². The van der Waals surface area contributed by atoms with Gasteiger partial charge in [0.1, 0.15) is 6.54 Å². The van der Waals surface area contributed by atoms with E-state index in [1.165, 1.54) is 0 Å². The third-order valence-corrected chi connectivity index (χ3v) is 2.51. The number of carbonyl (C=O) groups is 1. The molecule has 0 radical (unpaired) electrons. The average molecular weight is 283 g/mol. The van der Waals surface area contributed by atoms with Gasteiger partial charge >= 0.3 is 11.7 Å². The van der Waals surface area contributed by atoms with Crippen molar-refractivity contribution >= 4 is 17.6 Å². The number of hydrogen-bond donors (Lipinski definition) is 0. The Morgan fingerprint density at radius 2 is 2.21 bits per heavy atom. The Morgan fingerprint density at radius 1 is 1.42 bits per heavy atom. The number of benzene rings is 1. The van der Waals surface area contributed by atoms with Crippen molar-refractivity contribution in [1.82, 2.24) is 19.8 Å². The van der Waals surface area contributed by atoms with E-state index in [1.54, 1.807) is 31.2 Å². The lowest BCUT2D eigenvalue weighted by Gasteiger charge is -2.00. The molecule has 0 N–H and O–H groups in total. The van der Waals surface area contributed by atoms with E-state index in [4.69, 9.17) is 16.3 Å². The fourth-order valence-electron chi connectivity index (χ4n) is 1.47. The summed E-state index contributed by atoms with van der Waals surface area (Å²) in [5.74, 6) is -0.539. The molecule has 0 amide bonds. The summed E-state index contributed by atoms with van der Waals surface area (Å²) in [6.45, 7) is 1.66. The van der Waals surface area contributed by atoms with Gasteiger partial charge in [0.25, 0.3) is 0 Å². The Morgan fingerprint density at radius 3 is 2.89 bits per heavy atom. The summed E-state index contributed by atoms with van der Waals surface area (Å²) in [7, 11) is 0. The summed E-state index contributed by atoms with van der Waals surface area (Å²) in [6.07, 6.45) is 0. The van der Waals surface area contributed by atoms with Crippen molar-refractivity contribution in [2.24, 2.45) is 0 Å². The number of hydrogen-bond acceptors (Lipinski definition) is 5. The molecule has 0 unspecified atom stereocenters. The van der Waals surface area contributed by atoms with Crippen LogP contribution in [0.3, 0.4) is 0 Å².